The average Bonchev–Trinajstić information content (AvgIpc) is 2.43. The second kappa shape index (κ2) is 6.27. The smallest absolute Gasteiger partial charge is 0.307 e. The van der Waals surface area contributed by atoms with Gasteiger partial charge in [-0.3, -0.25) is 9.59 Å². The summed E-state index contributed by atoms with van der Waals surface area (Å²) in [5.74, 6) is -2.14. The Balaban J connectivity index is 2.14. The van der Waals surface area contributed by atoms with Crippen LogP contribution in [-0.2, 0) is 9.59 Å². The molecular weight excluding hydrogens is 278 g/mol. The van der Waals surface area contributed by atoms with Crippen LogP contribution in [0, 0.1) is 18.8 Å². The average molecular weight is 296 g/mol. The number of aliphatic carboxylic acids is 1. The lowest BCUT2D eigenvalue weighted by atomic mass is 9.78. The van der Waals surface area contributed by atoms with E-state index in [1.807, 2.05) is 6.92 Å². The molecule has 1 aliphatic carbocycles. The molecule has 0 radical (unpaired) electrons. The Bertz CT molecular complexity index is 530. The minimum Gasteiger partial charge on any atom is -0.481 e. The highest BCUT2D eigenvalue weighted by molar-refractivity contribution is 6.31. The standard InChI is InChI=1S/C15H18ClNO3/c1-9-12(16)7-4-8-13(9)17-14(18)10-5-2-3-6-11(10)15(19)20/h4,7-8,10-11H,2-3,5-6H2,1H3,(H,17,18)(H,19,20)/t10-,11-/m0/s1. The van der Waals surface area contributed by atoms with Crippen LogP contribution in [0.25, 0.3) is 0 Å². The summed E-state index contributed by atoms with van der Waals surface area (Å²) in [5.41, 5.74) is 1.45. The van der Waals surface area contributed by atoms with E-state index in [-0.39, 0.29) is 5.91 Å². The molecular formula is C15H18ClNO3. The molecule has 0 spiro atoms. The molecule has 1 aromatic rings. The van der Waals surface area contributed by atoms with Crippen LogP contribution in [0.3, 0.4) is 0 Å². The normalized spacial score (nSPS) is 22.3. The molecule has 2 N–H and O–H groups in total. The maximum absolute atomic E-state index is 12.3. The predicted octanol–water partition coefficient (Wildman–Crippen LogP) is 3.48. The van der Waals surface area contributed by atoms with E-state index < -0.39 is 17.8 Å². The number of hydrogen-bond acceptors (Lipinski definition) is 2. The Morgan fingerprint density at radius 1 is 1.25 bits per heavy atom. The van der Waals surface area contributed by atoms with Gasteiger partial charge in [-0.05, 0) is 37.5 Å². The number of carbonyl (C=O) groups is 2. The first-order valence-electron chi connectivity index (χ1n) is 6.79. The monoisotopic (exact) mass is 295 g/mol. The Morgan fingerprint density at radius 2 is 1.90 bits per heavy atom. The lowest BCUT2D eigenvalue weighted by Gasteiger charge is -2.27. The third-order valence-electron chi connectivity index (χ3n) is 3.95. The van der Waals surface area contributed by atoms with Gasteiger partial charge in [0.15, 0.2) is 0 Å². The lowest BCUT2D eigenvalue weighted by Crippen LogP contribution is -2.36. The number of halogens is 1. The number of benzene rings is 1. The summed E-state index contributed by atoms with van der Waals surface area (Å²) in [6.07, 6.45) is 2.97. The second-order valence-corrected chi connectivity index (χ2v) is 5.64. The number of rotatable bonds is 3. The van der Waals surface area contributed by atoms with Gasteiger partial charge in [0.05, 0.1) is 11.8 Å². The van der Waals surface area contributed by atoms with Crippen LogP contribution in [0.2, 0.25) is 5.02 Å². The van der Waals surface area contributed by atoms with Crippen LogP contribution < -0.4 is 5.32 Å². The number of anilines is 1. The molecule has 0 aliphatic heterocycles. The summed E-state index contributed by atoms with van der Waals surface area (Å²) in [4.78, 5) is 23.6. The van der Waals surface area contributed by atoms with Gasteiger partial charge < -0.3 is 10.4 Å². The van der Waals surface area contributed by atoms with Crippen LogP contribution in [-0.4, -0.2) is 17.0 Å². The van der Waals surface area contributed by atoms with Gasteiger partial charge in [-0.1, -0.05) is 30.5 Å². The van der Waals surface area contributed by atoms with E-state index in [1.165, 1.54) is 0 Å². The van der Waals surface area contributed by atoms with Crippen molar-refractivity contribution in [3.05, 3.63) is 28.8 Å². The van der Waals surface area contributed by atoms with E-state index in [2.05, 4.69) is 5.32 Å². The summed E-state index contributed by atoms with van der Waals surface area (Å²) in [6, 6.07) is 5.30. The van der Waals surface area contributed by atoms with E-state index in [9.17, 15) is 14.7 Å². The molecule has 0 saturated heterocycles. The molecule has 4 nitrogen and oxygen atoms in total. The van der Waals surface area contributed by atoms with Crippen LogP contribution in [0.5, 0.6) is 0 Å². The molecule has 1 saturated carbocycles. The Kier molecular flexibility index (Phi) is 4.65. The van der Waals surface area contributed by atoms with Gasteiger partial charge in [0.1, 0.15) is 0 Å². The third-order valence-corrected chi connectivity index (χ3v) is 4.35. The van der Waals surface area contributed by atoms with Crippen molar-refractivity contribution in [1.29, 1.82) is 0 Å². The van der Waals surface area contributed by atoms with E-state index >= 15 is 0 Å². The Morgan fingerprint density at radius 3 is 2.55 bits per heavy atom. The minimum atomic E-state index is -0.882. The van der Waals surface area contributed by atoms with Crippen molar-refractivity contribution in [2.45, 2.75) is 32.6 Å². The van der Waals surface area contributed by atoms with Crippen molar-refractivity contribution >= 4 is 29.2 Å². The minimum absolute atomic E-state index is 0.220. The fourth-order valence-electron chi connectivity index (χ4n) is 2.71. The first-order valence-corrected chi connectivity index (χ1v) is 7.17. The zero-order chi connectivity index (χ0) is 14.7. The molecule has 0 aromatic heterocycles. The summed E-state index contributed by atoms with van der Waals surface area (Å²) in [5, 5.41) is 12.6. The molecule has 1 aliphatic rings. The quantitative estimate of drug-likeness (QED) is 0.897. The summed E-state index contributed by atoms with van der Waals surface area (Å²) < 4.78 is 0. The van der Waals surface area contributed by atoms with Crippen molar-refractivity contribution in [3.8, 4) is 0 Å². The van der Waals surface area contributed by atoms with Gasteiger partial charge in [0, 0.05) is 10.7 Å². The number of amides is 1. The number of carboxylic acid groups (broad SMARTS) is 1. The van der Waals surface area contributed by atoms with Crippen LogP contribution in [0.15, 0.2) is 18.2 Å². The van der Waals surface area contributed by atoms with Crippen LogP contribution in [0.1, 0.15) is 31.2 Å². The van der Waals surface area contributed by atoms with Gasteiger partial charge in [-0.15, -0.1) is 0 Å². The third kappa shape index (κ3) is 3.12. The molecule has 0 heterocycles. The summed E-state index contributed by atoms with van der Waals surface area (Å²) in [6.45, 7) is 1.83. The van der Waals surface area contributed by atoms with Gasteiger partial charge in [-0.2, -0.15) is 0 Å². The number of carboxylic acids is 1. The van der Waals surface area contributed by atoms with Crippen molar-refractivity contribution in [2.24, 2.45) is 11.8 Å². The zero-order valence-electron chi connectivity index (χ0n) is 11.4. The van der Waals surface area contributed by atoms with E-state index in [0.29, 0.717) is 23.6 Å². The largest absolute Gasteiger partial charge is 0.481 e. The highest BCUT2D eigenvalue weighted by Gasteiger charge is 2.35. The molecule has 0 bridgehead atoms. The number of carbonyl (C=O) groups excluding carboxylic acids is 1. The topological polar surface area (TPSA) is 66.4 Å². The Hall–Kier alpha value is -1.55. The SMILES string of the molecule is Cc1c(Cl)cccc1NC(=O)[C@H]1CCCC[C@@H]1C(=O)O. The van der Waals surface area contributed by atoms with Gasteiger partial charge in [0.2, 0.25) is 5.91 Å². The molecule has 2 atom stereocenters. The van der Waals surface area contributed by atoms with Crippen molar-refractivity contribution in [3.63, 3.8) is 0 Å². The molecule has 108 valence electrons. The lowest BCUT2D eigenvalue weighted by molar-refractivity contribution is -0.147. The molecule has 1 fully saturated rings. The fourth-order valence-corrected chi connectivity index (χ4v) is 2.88. The van der Waals surface area contributed by atoms with Crippen LogP contribution in [0.4, 0.5) is 5.69 Å². The molecule has 5 heteroatoms. The maximum atomic E-state index is 12.3. The van der Waals surface area contributed by atoms with Gasteiger partial charge in [0.25, 0.3) is 0 Å². The van der Waals surface area contributed by atoms with E-state index in [0.717, 1.165) is 18.4 Å². The predicted molar refractivity (Wildman–Crippen MR) is 77.9 cm³/mol. The molecule has 0 unspecified atom stereocenters. The van der Waals surface area contributed by atoms with Crippen molar-refractivity contribution in [2.75, 3.05) is 5.32 Å². The van der Waals surface area contributed by atoms with Crippen molar-refractivity contribution in [1.82, 2.24) is 0 Å². The van der Waals surface area contributed by atoms with Crippen LogP contribution >= 0.6 is 11.6 Å². The molecule has 1 aromatic carbocycles. The second-order valence-electron chi connectivity index (χ2n) is 5.24. The molecule has 2 rings (SSSR count). The number of nitrogens with one attached hydrogen (secondary N) is 1. The van der Waals surface area contributed by atoms with E-state index in [1.54, 1.807) is 18.2 Å². The zero-order valence-corrected chi connectivity index (χ0v) is 12.1. The summed E-state index contributed by atoms with van der Waals surface area (Å²) >= 11 is 6.02. The van der Waals surface area contributed by atoms with Crippen molar-refractivity contribution < 1.29 is 14.7 Å². The number of hydrogen-bond donors (Lipinski definition) is 2. The highest BCUT2D eigenvalue weighted by Crippen LogP contribution is 2.32. The molecule has 1 amide bonds. The van der Waals surface area contributed by atoms with Gasteiger partial charge >= 0.3 is 5.97 Å². The van der Waals surface area contributed by atoms with E-state index in [4.69, 9.17) is 11.6 Å². The first-order chi connectivity index (χ1) is 9.50. The highest BCUT2D eigenvalue weighted by atomic mass is 35.5. The first kappa shape index (κ1) is 14.9. The van der Waals surface area contributed by atoms with Gasteiger partial charge in [-0.25, -0.2) is 0 Å². The molecule has 20 heavy (non-hydrogen) atoms. The Labute approximate surface area is 123 Å². The fraction of sp³-hybridized carbons (Fsp3) is 0.467. The maximum Gasteiger partial charge on any atom is 0.307 e. The summed E-state index contributed by atoms with van der Waals surface area (Å²) in [7, 11) is 0.